The molecule has 1 unspecified atom stereocenters. The number of hydrogen-bond acceptors (Lipinski definition) is 3. The van der Waals surface area contributed by atoms with Crippen LogP contribution in [0.5, 0.6) is 0 Å². The summed E-state index contributed by atoms with van der Waals surface area (Å²) in [5.74, 6) is 0. The molecule has 2 heterocycles. The molecule has 1 fully saturated rings. The fourth-order valence-electron chi connectivity index (χ4n) is 2.05. The van der Waals surface area contributed by atoms with Crippen LogP contribution in [0.25, 0.3) is 0 Å². The zero-order valence-corrected chi connectivity index (χ0v) is 8.69. The monoisotopic (exact) mass is 194 g/mol. The van der Waals surface area contributed by atoms with Gasteiger partial charge in [0.2, 0.25) is 0 Å². The van der Waals surface area contributed by atoms with Gasteiger partial charge in [-0.1, -0.05) is 0 Å². The Hall–Kier alpha value is -0.870. The summed E-state index contributed by atoms with van der Waals surface area (Å²) in [5.41, 5.74) is 7.20. The van der Waals surface area contributed by atoms with Gasteiger partial charge in [-0.2, -0.15) is 5.10 Å². The zero-order valence-electron chi connectivity index (χ0n) is 8.69. The van der Waals surface area contributed by atoms with Crippen molar-refractivity contribution < 1.29 is 0 Å². The van der Waals surface area contributed by atoms with Gasteiger partial charge in [-0.05, 0) is 19.4 Å². The number of nitrogens with two attached hydrogens (primary N) is 1. The fraction of sp³-hybridized carbons (Fsp3) is 0.700. The number of nitrogens with zero attached hydrogens (tertiary/aromatic N) is 3. The normalized spacial score (nSPS) is 24.0. The van der Waals surface area contributed by atoms with Crippen LogP contribution < -0.4 is 5.73 Å². The maximum atomic E-state index is 5.92. The van der Waals surface area contributed by atoms with Gasteiger partial charge in [0.25, 0.3) is 0 Å². The van der Waals surface area contributed by atoms with Crippen LogP contribution in [-0.4, -0.2) is 33.8 Å². The first kappa shape index (κ1) is 9.68. The minimum atomic E-state index is 0.362. The van der Waals surface area contributed by atoms with Gasteiger partial charge >= 0.3 is 0 Å². The van der Waals surface area contributed by atoms with E-state index in [1.54, 1.807) is 0 Å². The largest absolute Gasteiger partial charge is 0.327 e. The van der Waals surface area contributed by atoms with Crippen LogP contribution >= 0.6 is 0 Å². The number of piperidine rings is 1. The smallest absolute Gasteiger partial charge is 0.0534 e. The maximum absolute atomic E-state index is 5.92. The van der Waals surface area contributed by atoms with Gasteiger partial charge in [-0.15, -0.1) is 0 Å². The van der Waals surface area contributed by atoms with E-state index in [1.807, 2.05) is 17.9 Å². The lowest BCUT2D eigenvalue weighted by atomic mass is 10.1. The lowest BCUT2D eigenvalue weighted by Crippen LogP contribution is -2.42. The van der Waals surface area contributed by atoms with Gasteiger partial charge < -0.3 is 5.73 Å². The van der Waals surface area contributed by atoms with Crippen molar-refractivity contribution in [2.45, 2.75) is 25.4 Å². The summed E-state index contributed by atoms with van der Waals surface area (Å²) in [7, 11) is 1.95. The van der Waals surface area contributed by atoms with Crippen molar-refractivity contribution >= 4 is 0 Å². The highest BCUT2D eigenvalue weighted by atomic mass is 15.2. The predicted molar refractivity (Wildman–Crippen MR) is 55.7 cm³/mol. The molecule has 0 aliphatic carbocycles. The van der Waals surface area contributed by atoms with Crippen LogP contribution in [-0.2, 0) is 13.6 Å². The molecule has 1 aliphatic heterocycles. The van der Waals surface area contributed by atoms with Crippen LogP contribution in [0, 0.1) is 0 Å². The minimum Gasteiger partial charge on any atom is -0.327 e. The van der Waals surface area contributed by atoms with Crippen molar-refractivity contribution in [2.24, 2.45) is 12.8 Å². The van der Waals surface area contributed by atoms with Crippen molar-refractivity contribution in [3.63, 3.8) is 0 Å². The van der Waals surface area contributed by atoms with Crippen molar-refractivity contribution in [1.82, 2.24) is 14.7 Å². The lowest BCUT2D eigenvalue weighted by Gasteiger charge is -2.30. The van der Waals surface area contributed by atoms with Crippen molar-refractivity contribution in [2.75, 3.05) is 13.1 Å². The molecule has 0 saturated carbocycles. The Kier molecular flexibility index (Phi) is 2.84. The van der Waals surface area contributed by atoms with E-state index in [2.05, 4.69) is 16.2 Å². The quantitative estimate of drug-likeness (QED) is 0.738. The summed E-state index contributed by atoms with van der Waals surface area (Å²) < 4.78 is 1.85. The number of aromatic nitrogens is 2. The highest BCUT2D eigenvalue weighted by molar-refractivity contribution is 5.03. The van der Waals surface area contributed by atoms with E-state index in [4.69, 9.17) is 5.73 Å². The Morgan fingerprint density at radius 2 is 2.50 bits per heavy atom. The highest BCUT2D eigenvalue weighted by Crippen LogP contribution is 2.11. The molecule has 14 heavy (non-hydrogen) atoms. The molecule has 0 aromatic carbocycles. The third kappa shape index (κ3) is 2.33. The summed E-state index contributed by atoms with van der Waals surface area (Å²) in [6, 6.07) is 0.362. The molecule has 1 aliphatic rings. The van der Waals surface area contributed by atoms with Gasteiger partial charge in [0.05, 0.1) is 6.20 Å². The van der Waals surface area contributed by atoms with E-state index in [-0.39, 0.29) is 0 Å². The van der Waals surface area contributed by atoms with Crippen molar-refractivity contribution in [3.05, 3.63) is 18.0 Å². The van der Waals surface area contributed by atoms with Crippen LogP contribution in [0.2, 0.25) is 0 Å². The Bertz CT molecular complexity index is 294. The molecule has 1 atom stereocenters. The Morgan fingerprint density at radius 1 is 1.64 bits per heavy atom. The van der Waals surface area contributed by atoms with E-state index in [0.29, 0.717) is 6.04 Å². The zero-order chi connectivity index (χ0) is 9.97. The summed E-state index contributed by atoms with van der Waals surface area (Å²) in [5, 5.41) is 4.16. The minimum absolute atomic E-state index is 0.362. The summed E-state index contributed by atoms with van der Waals surface area (Å²) >= 11 is 0. The van der Waals surface area contributed by atoms with Crippen LogP contribution in [0.4, 0.5) is 0 Å². The van der Waals surface area contributed by atoms with Gasteiger partial charge in [0, 0.05) is 37.9 Å². The first-order valence-electron chi connectivity index (χ1n) is 5.19. The summed E-state index contributed by atoms with van der Waals surface area (Å²) in [6.45, 7) is 3.18. The second-order valence-corrected chi connectivity index (χ2v) is 4.16. The van der Waals surface area contributed by atoms with Crippen molar-refractivity contribution in [1.29, 1.82) is 0 Å². The predicted octanol–water partition coefficient (Wildman–Crippen LogP) is 0.343. The molecule has 78 valence electrons. The van der Waals surface area contributed by atoms with Crippen LogP contribution in [0.15, 0.2) is 12.4 Å². The van der Waals surface area contributed by atoms with Gasteiger partial charge in [-0.25, -0.2) is 0 Å². The Labute approximate surface area is 84.7 Å². The van der Waals surface area contributed by atoms with E-state index in [9.17, 15) is 0 Å². The third-order valence-corrected chi connectivity index (χ3v) is 2.71. The number of likely N-dealkylation sites (tertiary alicyclic amines) is 1. The molecule has 1 aromatic rings. The number of hydrogen-bond donors (Lipinski definition) is 1. The van der Waals surface area contributed by atoms with Gasteiger partial charge in [0.15, 0.2) is 0 Å². The van der Waals surface area contributed by atoms with E-state index in [0.717, 1.165) is 13.1 Å². The topological polar surface area (TPSA) is 47.1 Å². The summed E-state index contributed by atoms with van der Waals surface area (Å²) in [4.78, 5) is 2.41. The summed E-state index contributed by atoms with van der Waals surface area (Å²) in [6.07, 6.45) is 6.39. The third-order valence-electron chi connectivity index (χ3n) is 2.71. The Balaban J connectivity index is 1.90. The molecule has 4 nitrogen and oxygen atoms in total. The molecular formula is C10H18N4. The van der Waals surface area contributed by atoms with E-state index >= 15 is 0 Å². The Morgan fingerprint density at radius 3 is 3.14 bits per heavy atom. The molecular weight excluding hydrogens is 176 g/mol. The molecule has 4 heteroatoms. The molecule has 0 radical (unpaired) electrons. The molecule has 0 spiro atoms. The van der Waals surface area contributed by atoms with Crippen molar-refractivity contribution in [3.8, 4) is 0 Å². The molecule has 0 amide bonds. The van der Waals surface area contributed by atoms with E-state index < -0.39 is 0 Å². The fourth-order valence-corrected chi connectivity index (χ4v) is 2.05. The first-order valence-corrected chi connectivity index (χ1v) is 5.19. The molecule has 2 N–H and O–H groups in total. The maximum Gasteiger partial charge on any atom is 0.0534 e. The van der Waals surface area contributed by atoms with E-state index in [1.165, 1.54) is 24.9 Å². The van der Waals surface area contributed by atoms with Gasteiger partial charge in [0.1, 0.15) is 0 Å². The highest BCUT2D eigenvalue weighted by Gasteiger charge is 2.16. The molecule has 1 saturated heterocycles. The number of aryl methyl sites for hydroxylation is 1. The van der Waals surface area contributed by atoms with Gasteiger partial charge in [-0.3, -0.25) is 9.58 Å². The second-order valence-electron chi connectivity index (χ2n) is 4.16. The average molecular weight is 194 g/mol. The molecule has 0 bridgehead atoms. The second kappa shape index (κ2) is 4.11. The SMILES string of the molecule is Cn1cc(CN2CCCC(N)C2)cn1. The molecule has 2 rings (SSSR count). The van der Waals surface area contributed by atoms with Crippen LogP contribution in [0.1, 0.15) is 18.4 Å². The first-order chi connectivity index (χ1) is 6.74. The lowest BCUT2D eigenvalue weighted by molar-refractivity contribution is 0.201. The average Bonchev–Trinajstić information content (AvgIpc) is 2.51. The van der Waals surface area contributed by atoms with Crippen LogP contribution in [0.3, 0.4) is 0 Å². The molecule has 1 aromatic heterocycles. The standard InChI is InChI=1S/C10H18N4/c1-13-6-9(5-12-13)7-14-4-2-3-10(11)8-14/h5-6,10H,2-4,7-8,11H2,1H3. The number of rotatable bonds is 2.